The number of rotatable bonds is 6. The molecule has 1 N–H and O–H groups in total. The number of carbonyl (C=O) groups is 1. The first-order valence-electron chi connectivity index (χ1n) is 9.31. The summed E-state index contributed by atoms with van der Waals surface area (Å²) in [6, 6.07) is 12.9. The Morgan fingerprint density at radius 1 is 1.07 bits per heavy atom. The third-order valence-corrected chi connectivity index (χ3v) is 6.77. The van der Waals surface area contributed by atoms with E-state index in [1.54, 1.807) is 0 Å². The van der Waals surface area contributed by atoms with E-state index in [2.05, 4.69) is 5.48 Å². The zero-order valence-corrected chi connectivity index (χ0v) is 16.7. The van der Waals surface area contributed by atoms with Crippen molar-refractivity contribution in [3.63, 3.8) is 0 Å². The van der Waals surface area contributed by atoms with Gasteiger partial charge in [0.05, 0.1) is 17.1 Å². The number of sulfonamides is 1. The van der Waals surface area contributed by atoms with E-state index in [1.807, 2.05) is 30.3 Å². The van der Waals surface area contributed by atoms with Crippen molar-refractivity contribution in [3.05, 3.63) is 65.7 Å². The number of hydroxylamine groups is 1. The predicted molar refractivity (Wildman–Crippen MR) is 102 cm³/mol. The quantitative estimate of drug-likeness (QED) is 0.697. The fourth-order valence-electron chi connectivity index (χ4n) is 3.19. The second kappa shape index (κ2) is 9.15. The number of piperidine rings is 1. The second-order valence-electron chi connectivity index (χ2n) is 6.94. The molecule has 30 heavy (non-hydrogen) atoms. The monoisotopic (exact) mass is 442 g/mol. The summed E-state index contributed by atoms with van der Waals surface area (Å²) in [6.45, 7) is 0.278. The van der Waals surface area contributed by atoms with E-state index in [0.29, 0.717) is 6.07 Å². The molecule has 3 rings (SSSR count). The third-order valence-electron chi connectivity index (χ3n) is 4.88. The highest BCUT2D eigenvalue weighted by Crippen LogP contribution is 2.32. The van der Waals surface area contributed by atoms with Gasteiger partial charge in [-0.1, -0.05) is 36.4 Å². The summed E-state index contributed by atoms with van der Waals surface area (Å²) in [7, 11) is -4.08. The highest BCUT2D eigenvalue weighted by molar-refractivity contribution is 7.89. The average molecular weight is 442 g/mol. The van der Waals surface area contributed by atoms with Crippen LogP contribution in [0, 0.1) is 5.92 Å². The van der Waals surface area contributed by atoms with Crippen LogP contribution in [-0.2, 0) is 32.4 Å². The van der Waals surface area contributed by atoms with Crippen molar-refractivity contribution in [2.24, 2.45) is 5.92 Å². The second-order valence-corrected chi connectivity index (χ2v) is 8.88. The molecule has 2 aromatic rings. The van der Waals surface area contributed by atoms with Crippen molar-refractivity contribution in [3.8, 4) is 0 Å². The van der Waals surface area contributed by atoms with E-state index in [-0.39, 0.29) is 38.4 Å². The molecule has 1 heterocycles. The van der Waals surface area contributed by atoms with Gasteiger partial charge in [0.15, 0.2) is 0 Å². The van der Waals surface area contributed by atoms with Crippen molar-refractivity contribution in [2.75, 3.05) is 13.1 Å². The van der Waals surface area contributed by atoms with Crippen LogP contribution in [0.15, 0.2) is 59.5 Å². The fourth-order valence-corrected chi connectivity index (χ4v) is 4.70. The highest BCUT2D eigenvalue weighted by Gasteiger charge is 2.35. The summed E-state index contributed by atoms with van der Waals surface area (Å²) in [4.78, 5) is 17.0. The Kier molecular flexibility index (Phi) is 6.79. The molecule has 1 saturated heterocycles. The zero-order valence-electron chi connectivity index (χ0n) is 15.9. The van der Waals surface area contributed by atoms with Gasteiger partial charge in [-0.3, -0.25) is 9.63 Å². The molecule has 0 saturated carbocycles. The first-order valence-corrected chi connectivity index (χ1v) is 10.7. The molecule has 0 unspecified atom stereocenters. The molecule has 0 spiro atoms. The van der Waals surface area contributed by atoms with Gasteiger partial charge in [0, 0.05) is 19.0 Å². The normalized spacial score (nSPS) is 16.4. The molecule has 0 aliphatic carbocycles. The number of hydrogen-bond donors (Lipinski definition) is 1. The van der Waals surface area contributed by atoms with Gasteiger partial charge in [-0.15, -0.1) is 0 Å². The Bertz CT molecular complexity index is 973. The van der Waals surface area contributed by atoms with Crippen LogP contribution in [0.25, 0.3) is 0 Å². The Morgan fingerprint density at radius 2 is 1.73 bits per heavy atom. The predicted octanol–water partition coefficient (Wildman–Crippen LogP) is 3.35. The minimum Gasteiger partial charge on any atom is -0.272 e. The van der Waals surface area contributed by atoms with Gasteiger partial charge in [-0.2, -0.15) is 17.5 Å². The summed E-state index contributed by atoms with van der Waals surface area (Å²) in [5.74, 6) is -0.782. The molecular formula is C20H21F3N2O4S. The number of nitrogens with one attached hydrogen (secondary N) is 1. The number of carbonyl (C=O) groups excluding carboxylic acids is 1. The summed E-state index contributed by atoms with van der Waals surface area (Å²) in [5.41, 5.74) is 2.25. The summed E-state index contributed by atoms with van der Waals surface area (Å²) in [6.07, 6.45) is -4.13. The van der Waals surface area contributed by atoms with E-state index >= 15 is 0 Å². The summed E-state index contributed by atoms with van der Waals surface area (Å²) in [5, 5.41) is 0. The Hall–Kier alpha value is -2.43. The smallest absolute Gasteiger partial charge is 0.272 e. The molecule has 0 aromatic heterocycles. The van der Waals surface area contributed by atoms with Crippen LogP contribution in [0.3, 0.4) is 0 Å². The Balaban J connectivity index is 1.55. The lowest BCUT2D eigenvalue weighted by molar-refractivity contribution is -0.140. The van der Waals surface area contributed by atoms with E-state index < -0.39 is 32.6 Å². The van der Waals surface area contributed by atoms with Crippen LogP contribution in [0.1, 0.15) is 24.0 Å². The van der Waals surface area contributed by atoms with Crippen LogP contribution in [0.2, 0.25) is 0 Å². The molecular weight excluding hydrogens is 421 g/mol. The SMILES string of the molecule is O=C(NOCc1ccccc1)C1CCN(S(=O)(=O)c2cccc(C(F)(F)F)c2)CC1. The van der Waals surface area contributed by atoms with Crippen LogP contribution < -0.4 is 5.48 Å². The van der Waals surface area contributed by atoms with Crippen molar-refractivity contribution < 1.29 is 31.2 Å². The minimum absolute atomic E-state index is 0.0371. The molecule has 1 aliphatic rings. The number of benzene rings is 2. The van der Waals surface area contributed by atoms with Gasteiger partial charge in [-0.05, 0) is 36.6 Å². The molecule has 2 aromatic carbocycles. The van der Waals surface area contributed by atoms with Gasteiger partial charge in [-0.25, -0.2) is 13.9 Å². The standard InChI is InChI=1S/C20H21F3N2O4S/c21-20(22,23)17-7-4-8-18(13-17)30(27,28)25-11-9-16(10-12-25)19(26)24-29-14-15-5-2-1-3-6-15/h1-8,13,16H,9-12,14H2,(H,24,26). The molecule has 0 bridgehead atoms. The largest absolute Gasteiger partial charge is 0.416 e. The van der Waals surface area contributed by atoms with Crippen molar-refractivity contribution in [2.45, 2.75) is 30.5 Å². The minimum atomic E-state index is -4.63. The first-order chi connectivity index (χ1) is 14.2. The molecule has 1 fully saturated rings. The van der Waals surface area contributed by atoms with Gasteiger partial charge in [0.25, 0.3) is 0 Å². The number of amides is 1. The maximum atomic E-state index is 12.9. The van der Waals surface area contributed by atoms with Crippen molar-refractivity contribution in [1.82, 2.24) is 9.79 Å². The highest BCUT2D eigenvalue weighted by atomic mass is 32.2. The lowest BCUT2D eigenvalue weighted by atomic mass is 9.98. The Labute approximate surface area is 172 Å². The topological polar surface area (TPSA) is 75.7 Å². The molecule has 6 nitrogen and oxygen atoms in total. The molecule has 10 heteroatoms. The van der Waals surface area contributed by atoms with Crippen molar-refractivity contribution >= 4 is 15.9 Å². The summed E-state index contributed by atoms with van der Waals surface area (Å²) >= 11 is 0. The Morgan fingerprint density at radius 3 is 2.37 bits per heavy atom. The maximum Gasteiger partial charge on any atom is 0.416 e. The number of nitrogens with zero attached hydrogens (tertiary/aromatic N) is 1. The van der Waals surface area contributed by atoms with Gasteiger partial charge < -0.3 is 0 Å². The molecule has 1 aliphatic heterocycles. The van der Waals surface area contributed by atoms with Gasteiger partial charge in [0.2, 0.25) is 15.9 Å². The molecule has 1 amide bonds. The molecule has 162 valence electrons. The summed E-state index contributed by atoms with van der Waals surface area (Å²) < 4.78 is 65.2. The van der Waals surface area contributed by atoms with Crippen LogP contribution in [0.5, 0.6) is 0 Å². The third kappa shape index (κ3) is 5.38. The van der Waals surface area contributed by atoms with Crippen molar-refractivity contribution in [1.29, 1.82) is 0 Å². The van der Waals surface area contributed by atoms with E-state index in [0.717, 1.165) is 28.1 Å². The van der Waals surface area contributed by atoms with E-state index in [4.69, 9.17) is 4.84 Å². The van der Waals surface area contributed by atoms with Crippen LogP contribution in [0.4, 0.5) is 13.2 Å². The lowest BCUT2D eigenvalue weighted by Gasteiger charge is -2.30. The maximum absolute atomic E-state index is 12.9. The zero-order chi connectivity index (χ0) is 21.8. The van der Waals surface area contributed by atoms with Gasteiger partial charge in [0.1, 0.15) is 0 Å². The first kappa shape index (κ1) is 22.3. The molecule has 0 atom stereocenters. The number of alkyl halides is 3. The number of halogens is 3. The van der Waals surface area contributed by atoms with E-state index in [1.165, 1.54) is 0 Å². The number of hydrogen-bond acceptors (Lipinski definition) is 4. The van der Waals surface area contributed by atoms with Gasteiger partial charge >= 0.3 is 6.18 Å². The average Bonchev–Trinajstić information content (AvgIpc) is 2.74. The van der Waals surface area contributed by atoms with Crippen LogP contribution in [-0.4, -0.2) is 31.7 Å². The van der Waals surface area contributed by atoms with Crippen LogP contribution >= 0.6 is 0 Å². The fraction of sp³-hybridized carbons (Fsp3) is 0.350. The lowest BCUT2D eigenvalue weighted by Crippen LogP contribution is -2.43. The van der Waals surface area contributed by atoms with E-state index in [9.17, 15) is 26.4 Å². The molecule has 0 radical (unpaired) electrons.